The fraction of sp³-hybridized carbons (Fsp3) is 0.800. The first-order valence-electron chi connectivity index (χ1n) is 4.86. The van der Waals surface area contributed by atoms with Crippen LogP contribution in [0.3, 0.4) is 0 Å². The second kappa shape index (κ2) is 4.98. The maximum absolute atomic E-state index is 11.1. The quantitative estimate of drug-likeness (QED) is 0.681. The Labute approximate surface area is 84.5 Å². The van der Waals surface area contributed by atoms with E-state index in [0.29, 0.717) is 6.42 Å². The molecule has 0 spiro atoms. The van der Waals surface area contributed by atoms with Gasteiger partial charge in [0.2, 0.25) is 5.91 Å². The van der Waals surface area contributed by atoms with Crippen LogP contribution in [-0.2, 0) is 9.59 Å². The van der Waals surface area contributed by atoms with Crippen LogP contribution >= 0.6 is 0 Å². The van der Waals surface area contributed by atoms with Gasteiger partial charge in [-0.3, -0.25) is 9.59 Å². The van der Waals surface area contributed by atoms with Crippen LogP contribution in [0.4, 0.5) is 0 Å². The van der Waals surface area contributed by atoms with Crippen molar-refractivity contribution in [3.63, 3.8) is 0 Å². The largest absolute Gasteiger partial charge is 0.481 e. The molecule has 0 bridgehead atoms. The second-order valence-electron chi connectivity index (χ2n) is 4.12. The minimum absolute atomic E-state index is 0.522. The molecular formula is C10H19NO3. The van der Waals surface area contributed by atoms with Gasteiger partial charge in [-0.05, 0) is 20.3 Å². The van der Waals surface area contributed by atoms with Gasteiger partial charge in [-0.2, -0.15) is 0 Å². The number of primary amides is 1. The summed E-state index contributed by atoms with van der Waals surface area (Å²) in [4.78, 5) is 22.0. The maximum Gasteiger partial charge on any atom is 0.309 e. The number of hydrogen-bond acceptors (Lipinski definition) is 2. The highest BCUT2D eigenvalue weighted by Crippen LogP contribution is 2.30. The SMILES string of the molecule is CCCC[C@H](C(N)=O)C(C)(C)C(=O)O. The van der Waals surface area contributed by atoms with Gasteiger partial charge in [0, 0.05) is 0 Å². The van der Waals surface area contributed by atoms with Crippen LogP contribution in [0.1, 0.15) is 40.0 Å². The van der Waals surface area contributed by atoms with E-state index in [4.69, 9.17) is 10.8 Å². The highest BCUT2D eigenvalue weighted by Gasteiger charge is 2.39. The molecule has 0 fully saturated rings. The van der Waals surface area contributed by atoms with Crippen molar-refractivity contribution in [3.05, 3.63) is 0 Å². The summed E-state index contributed by atoms with van der Waals surface area (Å²) < 4.78 is 0. The fourth-order valence-electron chi connectivity index (χ4n) is 1.42. The highest BCUT2D eigenvalue weighted by atomic mass is 16.4. The lowest BCUT2D eigenvalue weighted by Gasteiger charge is -2.27. The van der Waals surface area contributed by atoms with Crippen molar-refractivity contribution in [2.75, 3.05) is 0 Å². The van der Waals surface area contributed by atoms with Crippen molar-refractivity contribution >= 4 is 11.9 Å². The van der Waals surface area contributed by atoms with Crippen molar-refractivity contribution in [1.82, 2.24) is 0 Å². The molecule has 0 unspecified atom stereocenters. The Morgan fingerprint density at radius 1 is 1.43 bits per heavy atom. The Kier molecular flexibility index (Phi) is 4.60. The normalized spacial score (nSPS) is 13.6. The number of carboxylic acids is 1. The van der Waals surface area contributed by atoms with Crippen LogP contribution in [0, 0.1) is 11.3 Å². The molecule has 82 valence electrons. The zero-order valence-electron chi connectivity index (χ0n) is 9.04. The molecule has 0 radical (unpaired) electrons. The number of unbranched alkanes of at least 4 members (excludes halogenated alkanes) is 1. The van der Waals surface area contributed by atoms with Crippen LogP contribution in [0.5, 0.6) is 0 Å². The summed E-state index contributed by atoms with van der Waals surface area (Å²) in [5, 5.41) is 8.95. The molecule has 0 aliphatic rings. The lowest BCUT2D eigenvalue weighted by Crippen LogP contribution is -2.41. The maximum atomic E-state index is 11.1. The predicted molar refractivity (Wildman–Crippen MR) is 53.6 cm³/mol. The van der Waals surface area contributed by atoms with E-state index in [1.54, 1.807) is 13.8 Å². The first-order valence-corrected chi connectivity index (χ1v) is 4.86. The van der Waals surface area contributed by atoms with Gasteiger partial charge in [-0.15, -0.1) is 0 Å². The topological polar surface area (TPSA) is 80.4 Å². The molecule has 0 aliphatic heterocycles. The summed E-state index contributed by atoms with van der Waals surface area (Å²) in [5.74, 6) is -2.08. The first kappa shape index (κ1) is 12.9. The van der Waals surface area contributed by atoms with E-state index in [1.165, 1.54) is 0 Å². The Hall–Kier alpha value is -1.06. The van der Waals surface area contributed by atoms with Crippen molar-refractivity contribution < 1.29 is 14.7 Å². The molecule has 0 aliphatic carbocycles. The van der Waals surface area contributed by atoms with E-state index in [-0.39, 0.29) is 0 Å². The number of nitrogens with two attached hydrogens (primary N) is 1. The average molecular weight is 201 g/mol. The standard InChI is InChI=1S/C10H19NO3/c1-4-5-6-7(8(11)12)10(2,3)9(13)14/h7H,4-6H2,1-3H3,(H2,11,12)(H,13,14)/t7-/m1/s1. The molecule has 0 saturated carbocycles. The summed E-state index contributed by atoms with van der Waals surface area (Å²) in [6.07, 6.45) is 2.30. The zero-order chi connectivity index (χ0) is 11.4. The van der Waals surface area contributed by atoms with Crippen molar-refractivity contribution in [2.45, 2.75) is 40.0 Å². The van der Waals surface area contributed by atoms with E-state index < -0.39 is 23.2 Å². The van der Waals surface area contributed by atoms with Gasteiger partial charge in [0.25, 0.3) is 0 Å². The smallest absolute Gasteiger partial charge is 0.309 e. The van der Waals surface area contributed by atoms with Crippen LogP contribution in [-0.4, -0.2) is 17.0 Å². The second-order valence-corrected chi connectivity index (χ2v) is 4.12. The van der Waals surface area contributed by atoms with E-state index in [9.17, 15) is 9.59 Å². The number of carboxylic acid groups (broad SMARTS) is 1. The fourth-order valence-corrected chi connectivity index (χ4v) is 1.42. The molecule has 0 aromatic rings. The zero-order valence-corrected chi connectivity index (χ0v) is 9.04. The molecule has 4 heteroatoms. The molecule has 0 rings (SSSR count). The van der Waals surface area contributed by atoms with Gasteiger partial charge in [-0.1, -0.05) is 19.8 Å². The van der Waals surface area contributed by atoms with Gasteiger partial charge in [0.1, 0.15) is 0 Å². The number of carbonyl (C=O) groups is 2. The minimum Gasteiger partial charge on any atom is -0.481 e. The summed E-state index contributed by atoms with van der Waals surface area (Å²) in [6, 6.07) is 0. The Bertz CT molecular complexity index is 223. The average Bonchev–Trinajstić information content (AvgIpc) is 2.03. The molecule has 0 aromatic heterocycles. The Morgan fingerprint density at radius 2 is 1.93 bits per heavy atom. The van der Waals surface area contributed by atoms with Gasteiger partial charge >= 0.3 is 5.97 Å². The van der Waals surface area contributed by atoms with E-state index in [2.05, 4.69) is 0 Å². The van der Waals surface area contributed by atoms with Gasteiger partial charge in [0.15, 0.2) is 0 Å². The lowest BCUT2D eigenvalue weighted by atomic mass is 9.76. The third-order valence-corrected chi connectivity index (χ3v) is 2.61. The Morgan fingerprint density at radius 3 is 2.21 bits per heavy atom. The molecule has 0 heterocycles. The van der Waals surface area contributed by atoms with Gasteiger partial charge in [0.05, 0.1) is 11.3 Å². The minimum atomic E-state index is -1.07. The van der Waals surface area contributed by atoms with E-state index >= 15 is 0 Å². The van der Waals surface area contributed by atoms with Gasteiger partial charge in [-0.25, -0.2) is 0 Å². The third-order valence-electron chi connectivity index (χ3n) is 2.61. The van der Waals surface area contributed by atoms with E-state index in [1.807, 2.05) is 6.92 Å². The molecule has 4 nitrogen and oxygen atoms in total. The molecule has 3 N–H and O–H groups in total. The number of amides is 1. The van der Waals surface area contributed by atoms with Crippen molar-refractivity contribution in [3.8, 4) is 0 Å². The lowest BCUT2D eigenvalue weighted by molar-refractivity contribution is -0.153. The molecular weight excluding hydrogens is 182 g/mol. The van der Waals surface area contributed by atoms with Crippen LogP contribution in [0.25, 0.3) is 0 Å². The highest BCUT2D eigenvalue weighted by molar-refractivity contribution is 5.85. The molecule has 0 aromatic carbocycles. The summed E-state index contributed by atoms with van der Waals surface area (Å²) in [7, 11) is 0. The van der Waals surface area contributed by atoms with Crippen LogP contribution in [0.2, 0.25) is 0 Å². The molecule has 14 heavy (non-hydrogen) atoms. The predicted octanol–water partition coefficient (Wildman–Crippen LogP) is 1.39. The molecule has 0 saturated heterocycles. The van der Waals surface area contributed by atoms with Crippen molar-refractivity contribution in [1.29, 1.82) is 0 Å². The Balaban J connectivity index is 4.64. The van der Waals surface area contributed by atoms with Crippen LogP contribution in [0.15, 0.2) is 0 Å². The summed E-state index contributed by atoms with van der Waals surface area (Å²) in [5.41, 5.74) is 4.13. The third kappa shape index (κ3) is 3.01. The summed E-state index contributed by atoms with van der Waals surface area (Å²) >= 11 is 0. The van der Waals surface area contributed by atoms with E-state index in [0.717, 1.165) is 12.8 Å². The number of rotatable bonds is 6. The van der Waals surface area contributed by atoms with Gasteiger partial charge < -0.3 is 10.8 Å². The monoisotopic (exact) mass is 201 g/mol. The summed E-state index contributed by atoms with van der Waals surface area (Å²) in [6.45, 7) is 5.08. The number of carbonyl (C=O) groups excluding carboxylic acids is 1. The first-order chi connectivity index (χ1) is 6.34. The number of hydrogen-bond donors (Lipinski definition) is 2. The number of aliphatic carboxylic acids is 1. The van der Waals surface area contributed by atoms with Crippen molar-refractivity contribution in [2.24, 2.45) is 17.1 Å². The van der Waals surface area contributed by atoms with Crippen LogP contribution < -0.4 is 5.73 Å². The molecule has 1 atom stereocenters. The molecule has 1 amide bonds.